The van der Waals surface area contributed by atoms with E-state index in [9.17, 15) is 8.42 Å². The SMILES string of the molecule is NC1(CNS(=O)(=O)c2ccc(Br)cc2)CCCCC1. The van der Waals surface area contributed by atoms with Crippen molar-refractivity contribution in [3.63, 3.8) is 0 Å². The number of halogens is 1. The zero-order valence-corrected chi connectivity index (χ0v) is 13.1. The Bertz CT molecular complexity index is 522. The summed E-state index contributed by atoms with van der Waals surface area (Å²) >= 11 is 3.29. The molecule has 2 rings (SSSR count). The van der Waals surface area contributed by atoms with E-state index in [-0.39, 0.29) is 10.4 Å². The molecule has 1 saturated carbocycles. The first-order valence-corrected chi connectivity index (χ1v) is 8.73. The predicted molar refractivity (Wildman–Crippen MR) is 79.3 cm³/mol. The lowest BCUT2D eigenvalue weighted by atomic mass is 9.83. The topological polar surface area (TPSA) is 72.2 Å². The van der Waals surface area contributed by atoms with Crippen molar-refractivity contribution in [1.82, 2.24) is 4.72 Å². The van der Waals surface area contributed by atoms with Gasteiger partial charge in [0.25, 0.3) is 0 Å². The molecule has 3 N–H and O–H groups in total. The van der Waals surface area contributed by atoms with Gasteiger partial charge in [0.05, 0.1) is 4.90 Å². The van der Waals surface area contributed by atoms with Crippen LogP contribution in [0.5, 0.6) is 0 Å². The van der Waals surface area contributed by atoms with Crippen LogP contribution < -0.4 is 10.5 Å². The number of hydrogen-bond acceptors (Lipinski definition) is 3. The zero-order valence-electron chi connectivity index (χ0n) is 10.7. The minimum atomic E-state index is -3.47. The molecular weight excluding hydrogens is 328 g/mol. The van der Waals surface area contributed by atoms with Gasteiger partial charge in [0.2, 0.25) is 10.0 Å². The fourth-order valence-corrected chi connectivity index (χ4v) is 3.77. The maximum absolute atomic E-state index is 12.1. The summed E-state index contributed by atoms with van der Waals surface area (Å²) in [5.74, 6) is 0. The molecule has 1 aliphatic carbocycles. The fourth-order valence-electron chi connectivity index (χ4n) is 2.37. The van der Waals surface area contributed by atoms with Gasteiger partial charge in [-0.2, -0.15) is 0 Å². The molecule has 106 valence electrons. The molecule has 0 radical (unpaired) electrons. The van der Waals surface area contributed by atoms with Gasteiger partial charge in [-0.3, -0.25) is 0 Å². The van der Waals surface area contributed by atoms with E-state index in [0.717, 1.165) is 30.2 Å². The molecule has 0 heterocycles. The van der Waals surface area contributed by atoms with Gasteiger partial charge in [-0.25, -0.2) is 13.1 Å². The maximum atomic E-state index is 12.1. The van der Waals surface area contributed by atoms with Crippen LogP contribution in [0.15, 0.2) is 33.6 Å². The molecule has 0 spiro atoms. The van der Waals surface area contributed by atoms with Crippen molar-refractivity contribution in [1.29, 1.82) is 0 Å². The second-order valence-electron chi connectivity index (χ2n) is 5.20. The van der Waals surface area contributed by atoms with Crippen LogP contribution >= 0.6 is 15.9 Å². The summed E-state index contributed by atoms with van der Waals surface area (Å²) in [6, 6.07) is 6.59. The molecular formula is C13H19BrN2O2S. The highest BCUT2D eigenvalue weighted by atomic mass is 79.9. The molecule has 6 heteroatoms. The first-order chi connectivity index (χ1) is 8.91. The number of benzene rings is 1. The van der Waals surface area contributed by atoms with Crippen LogP contribution in [-0.4, -0.2) is 20.5 Å². The highest BCUT2D eigenvalue weighted by Crippen LogP contribution is 2.25. The van der Waals surface area contributed by atoms with Gasteiger partial charge in [0.1, 0.15) is 0 Å². The predicted octanol–water partition coefficient (Wildman–Crippen LogP) is 2.39. The van der Waals surface area contributed by atoms with Gasteiger partial charge >= 0.3 is 0 Å². The molecule has 0 bridgehead atoms. The van der Waals surface area contributed by atoms with Crippen LogP contribution in [0.1, 0.15) is 32.1 Å². The summed E-state index contributed by atoms with van der Waals surface area (Å²) in [5, 5.41) is 0. The van der Waals surface area contributed by atoms with E-state index in [1.54, 1.807) is 24.3 Å². The molecule has 1 fully saturated rings. The van der Waals surface area contributed by atoms with Crippen molar-refractivity contribution in [2.45, 2.75) is 42.5 Å². The number of rotatable bonds is 4. The molecule has 4 nitrogen and oxygen atoms in total. The minimum absolute atomic E-state index is 0.273. The van der Waals surface area contributed by atoms with Crippen LogP contribution in [0.3, 0.4) is 0 Å². The Morgan fingerprint density at radius 3 is 2.32 bits per heavy atom. The van der Waals surface area contributed by atoms with Crippen molar-refractivity contribution >= 4 is 26.0 Å². The molecule has 19 heavy (non-hydrogen) atoms. The number of hydrogen-bond donors (Lipinski definition) is 2. The monoisotopic (exact) mass is 346 g/mol. The van der Waals surface area contributed by atoms with Crippen LogP contribution in [0.25, 0.3) is 0 Å². The van der Waals surface area contributed by atoms with E-state index in [2.05, 4.69) is 20.7 Å². The molecule has 0 atom stereocenters. The van der Waals surface area contributed by atoms with E-state index >= 15 is 0 Å². The molecule has 1 aromatic carbocycles. The molecule has 1 aliphatic rings. The van der Waals surface area contributed by atoms with Crippen molar-refractivity contribution in [3.05, 3.63) is 28.7 Å². The van der Waals surface area contributed by atoms with Gasteiger partial charge in [-0.1, -0.05) is 35.2 Å². The zero-order chi connectivity index (χ0) is 13.9. The normalized spacial score (nSPS) is 19.3. The van der Waals surface area contributed by atoms with Crippen LogP contribution in [0.2, 0.25) is 0 Å². The van der Waals surface area contributed by atoms with E-state index in [4.69, 9.17) is 5.73 Å². The molecule has 0 aromatic heterocycles. The average molecular weight is 347 g/mol. The summed E-state index contributed by atoms with van der Waals surface area (Å²) in [6.45, 7) is 0.311. The summed E-state index contributed by atoms with van der Waals surface area (Å²) in [7, 11) is -3.47. The number of sulfonamides is 1. The van der Waals surface area contributed by atoms with Gasteiger partial charge in [-0.15, -0.1) is 0 Å². The lowest BCUT2D eigenvalue weighted by Gasteiger charge is -2.33. The maximum Gasteiger partial charge on any atom is 0.240 e. The van der Waals surface area contributed by atoms with Crippen LogP contribution in [-0.2, 0) is 10.0 Å². The van der Waals surface area contributed by atoms with E-state index in [1.165, 1.54) is 6.42 Å². The average Bonchev–Trinajstić information content (AvgIpc) is 2.38. The Morgan fingerprint density at radius 2 is 1.74 bits per heavy atom. The van der Waals surface area contributed by atoms with Crippen LogP contribution in [0, 0.1) is 0 Å². The van der Waals surface area contributed by atoms with E-state index in [0.29, 0.717) is 6.54 Å². The van der Waals surface area contributed by atoms with Gasteiger partial charge in [0, 0.05) is 16.6 Å². The Balaban J connectivity index is 2.03. The molecule has 0 aliphatic heterocycles. The van der Waals surface area contributed by atoms with Crippen molar-refractivity contribution < 1.29 is 8.42 Å². The fraction of sp³-hybridized carbons (Fsp3) is 0.538. The summed E-state index contributed by atoms with van der Waals surface area (Å²) in [4.78, 5) is 0.273. The lowest BCUT2D eigenvalue weighted by molar-refractivity contribution is 0.296. The van der Waals surface area contributed by atoms with Crippen molar-refractivity contribution in [3.8, 4) is 0 Å². The van der Waals surface area contributed by atoms with E-state index in [1.807, 2.05) is 0 Å². The Kier molecular flexibility index (Phi) is 4.66. The summed E-state index contributed by atoms with van der Waals surface area (Å²) in [5.41, 5.74) is 5.85. The summed E-state index contributed by atoms with van der Waals surface area (Å²) in [6.07, 6.45) is 5.12. The highest BCUT2D eigenvalue weighted by molar-refractivity contribution is 9.10. The van der Waals surface area contributed by atoms with Crippen LogP contribution in [0.4, 0.5) is 0 Å². The van der Waals surface area contributed by atoms with Gasteiger partial charge in [0.15, 0.2) is 0 Å². The molecule has 1 aromatic rings. The van der Waals surface area contributed by atoms with Gasteiger partial charge < -0.3 is 5.73 Å². The minimum Gasteiger partial charge on any atom is -0.324 e. The third kappa shape index (κ3) is 4.02. The standard InChI is InChI=1S/C13H19BrN2O2S/c14-11-4-6-12(7-5-11)19(17,18)16-10-13(15)8-2-1-3-9-13/h4-7,16H,1-3,8-10,15H2. The largest absolute Gasteiger partial charge is 0.324 e. The van der Waals surface area contributed by atoms with Crippen molar-refractivity contribution in [2.75, 3.05) is 6.54 Å². The van der Waals surface area contributed by atoms with Gasteiger partial charge in [-0.05, 0) is 37.1 Å². The quantitative estimate of drug-likeness (QED) is 0.878. The third-order valence-corrected chi connectivity index (χ3v) is 5.53. The second kappa shape index (κ2) is 5.91. The number of nitrogens with one attached hydrogen (secondary N) is 1. The second-order valence-corrected chi connectivity index (χ2v) is 7.88. The molecule has 0 saturated heterocycles. The first kappa shape index (κ1) is 15.0. The lowest BCUT2D eigenvalue weighted by Crippen LogP contribution is -2.51. The molecule has 0 unspecified atom stereocenters. The summed E-state index contributed by atoms with van der Waals surface area (Å²) < 4.78 is 27.8. The van der Waals surface area contributed by atoms with Crippen molar-refractivity contribution in [2.24, 2.45) is 5.73 Å². The third-order valence-electron chi connectivity index (χ3n) is 3.59. The van der Waals surface area contributed by atoms with E-state index < -0.39 is 10.0 Å². The first-order valence-electron chi connectivity index (χ1n) is 6.45. The number of nitrogens with two attached hydrogens (primary N) is 1. The molecule has 0 amide bonds. The Labute approximate surface area is 122 Å². The Morgan fingerprint density at radius 1 is 1.16 bits per heavy atom. The smallest absolute Gasteiger partial charge is 0.240 e. The highest BCUT2D eigenvalue weighted by Gasteiger charge is 2.29. The Hall–Kier alpha value is -0.430.